The Kier molecular flexibility index (Phi) is 6.77. The standard InChI is InChI=1S/C26H29N3O6/c1-26(2,3)35-25(33)27-13-16-7-9-17(10-8-16)15-34-21-6-4-5-18-19(21)14-29(24(18)32)20-11-12-22(30)28-23(20)31/h4-10,20H,11-15H2,1-3H3,(H,27,33)(H,28,30,31)/t20-/m0/s1. The molecule has 0 unspecified atom stereocenters. The molecule has 4 rings (SSSR count). The fourth-order valence-electron chi connectivity index (χ4n) is 4.10. The number of amides is 4. The van der Waals surface area contributed by atoms with Crippen molar-refractivity contribution in [2.24, 2.45) is 0 Å². The van der Waals surface area contributed by atoms with Crippen molar-refractivity contribution in [2.75, 3.05) is 0 Å². The second-order valence-corrected chi connectivity index (χ2v) is 9.64. The van der Waals surface area contributed by atoms with Crippen LogP contribution in [0.1, 0.15) is 60.7 Å². The number of imide groups is 1. The van der Waals surface area contributed by atoms with Crippen LogP contribution in [0.4, 0.5) is 4.79 Å². The van der Waals surface area contributed by atoms with E-state index in [2.05, 4.69) is 10.6 Å². The van der Waals surface area contributed by atoms with Crippen molar-refractivity contribution in [3.8, 4) is 5.75 Å². The second-order valence-electron chi connectivity index (χ2n) is 9.64. The Morgan fingerprint density at radius 1 is 1.09 bits per heavy atom. The average molecular weight is 480 g/mol. The van der Waals surface area contributed by atoms with E-state index in [0.29, 0.717) is 30.9 Å². The molecule has 9 heteroatoms. The van der Waals surface area contributed by atoms with Crippen molar-refractivity contribution in [2.45, 2.75) is 65.0 Å². The lowest BCUT2D eigenvalue weighted by molar-refractivity contribution is -0.136. The summed E-state index contributed by atoms with van der Waals surface area (Å²) < 4.78 is 11.3. The number of carbonyl (C=O) groups is 4. The Bertz CT molecular complexity index is 1150. The van der Waals surface area contributed by atoms with Crippen LogP contribution in [-0.4, -0.2) is 40.4 Å². The lowest BCUT2D eigenvalue weighted by atomic mass is 10.0. The topological polar surface area (TPSA) is 114 Å². The van der Waals surface area contributed by atoms with E-state index in [9.17, 15) is 19.2 Å². The number of ether oxygens (including phenoxy) is 2. The van der Waals surface area contributed by atoms with E-state index in [-0.39, 0.29) is 24.8 Å². The smallest absolute Gasteiger partial charge is 0.407 e. The number of nitrogens with one attached hydrogen (secondary N) is 2. The number of benzene rings is 2. The van der Waals surface area contributed by atoms with Crippen LogP contribution in [0.25, 0.3) is 0 Å². The molecular formula is C26H29N3O6. The maximum atomic E-state index is 12.9. The highest BCUT2D eigenvalue weighted by Gasteiger charge is 2.40. The van der Waals surface area contributed by atoms with Gasteiger partial charge in [0.2, 0.25) is 11.8 Å². The Labute approximate surface area is 203 Å². The molecule has 2 aliphatic heterocycles. The number of hydrogen-bond acceptors (Lipinski definition) is 6. The first-order chi connectivity index (χ1) is 16.6. The van der Waals surface area contributed by atoms with Crippen LogP contribution < -0.4 is 15.4 Å². The molecule has 2 aromatic rings. The summed E-state index contributed by atoms with van der Waals surface area (Å²) in [4.78, 5) is 50.0. The Hall–Kier alpha value is -3.88. The van der Waals surface area contributed by atoms with E-state index in [0.717, 1.165) is 16.7 Å². The summed E-state index contributed by atoms with van der Waals surface area (Å²) in [6.45, 7) is 6.33. The number of nitrogens with zero attached hydrogens (tertiary/aromatic N) is 1. The maximum Gasteiger partial charge on any atom is 0.407 e. The number of rotatable bonds is 6. The monoisotopic (exact) mass is 479 g/mol. The molecule has 1 saturated heterocycles. The van der Waals surface area contributed by atoms with Gasteiger partial charge in [-0.3, -0.25) is 19.7 Å². The zero-order valence-corrected chi connectivity index (χ0v) is 20.1. The molecule has 1 atom stereocenters. The van der Waals surface area contributed by atoms with E-state index in [4.69, 9.17) is 9.47 Å². The lowest BCUT2D eigenvalue weighted by Gasteiger charge is -2.29. The first-order valence-corrected chi connectivity index (χ1v) is 11.5. The van der Waals surface area contributed by atoms with Crippen molar-refractivity contribution in [3.05, 3.63) is 64.7 Å². The van der Waals surface area contributed by atoms with Crippen LogP contribution in [0.2, 0.25) is 0 Å². The maximum absolute atomic E-state index is 12.9. The SMILES string of the molecule is CC(C)(C)OC(=O)NCc1ccc(COc2cccc3c2CN([C@H]2CCC(=O)NC2=O)C3=O)cc1. The molecule has 0 aromatic heterocycles. The number of fused-ring (bicyclic) bond motifs is 1. The van der Waals surface area contributed by atoms with Gasteiger partial charge in [-0.2, -0.15) is 0 Å². The summed E-state index contributed by atoms with van der Waals surface area (Å²) in [5.74, 6) is -0.403. The van der Waals surface area contributed by atoms with Gasteiger partial charge < -0.3 is 19.7 Å². The van der Waals surface area contributed by atoms with Crippen LogP contribution in [0.5, 0.6) is 5.75 Å². The van der Waals surface area contributed by atoms with Gasteiger partial charge in [0.05, 0.1) is 6.54 Å². The Balaban J connectivity index is 1.36. The third-order valence-electron chi connectivity index (χ3n) is 5.79. The predicted octanol–water partition coefficient (Wildman–Crippen LogP) is 3.05. The molecule has 9 nitrogen and oxygen atoms in total. The minimum Gasteiger partial charge on any atom is -0.489 e. The Morgan fingerprint density at radius 2 is 1.80 bits per heavy atom. The normalized spacial score (nSPS) is 17.6. The molecule has 0 spiro atoms. The van der Waals surface area contributed by atoms with Crippen LogP contribution in [0, 0.1) is 0 Å². The quantitative estimate of drug-likeness (QED) is 0.616. The van der Waals surface area contributed by atoms with E-state index in [1.165, 1.54) is 4.90 Å². The van der Waals surface area contributed by atoms with Gasteiger partial charge in [-0.15, -0.1) is 0 Å². The number of piperidine rings is 1. The third-order valence-corrected chi connectivity index (χ3v) is 5.79. The molecule has 2 aliphatic rings. The van der Waals surface area contributed by atoms with Crippen LogP contribution in [0.15, 0.2) is 42.5 Å². The molecule has 0 aliphatic carbocycles. The van der Waals surface area contributed by atoms with E-state index < -0.39 is 23.6 Å². The highest BCUT2D eigenvalue weighted by Crippen LogP contribution is 2.34. The van der Waals surface area contributed by atoms with E-state index in [1.54, 1.807) is 18.2 Å². The highest BCUT2D eigenvalue weighted by atomic mass is 16.6. The molecular weight excluding hydrogens is 450 g/mol. The summed E-state index contributed by atoms with van der Waals surface area (Å²) >= 11 is 0. The molecule has 1 fully saturated rings. The summed E-state index contributed by atoms with van der Waals surface area (Å²) in [7, 11) is 0. The van der Waals surface area contributed by atoms with Crippen molar-refractivity contribution < 1.29 is 28.7 Å². The Morgan fingerprint density at radius 3 is 2.49 bits per heavy atom. The lowest BCUT2D eigenvalue weighted by Crippen LogP contribution is -2.52. The van der Waals surface area contributed by atoms with Gasteiger partial charge in [-0.1, -0.05) is 30.3 Å². The molecule has 2 heterocycles. The molecule has 35 heavy (non-hydrogen) atoms. The highest BCUT2D eigenvalue weighted by molar-refractivity contribution is 6.05. The zero-order chi connectivity index (χ0) is 25.2. The van der Waals surface area contributed by atoms with Gasteiger partial charge in [-0.05, 0) is 50.5 Å². The largest absolute Gasteiger partial charge is 0.489 e. The van der Waals surface area contributed by atoms with Crippen LogP contribution in [0.3, 0.4) is 0 Å². The van der Waals surface area contributed by atoms with Gasteiger partial charge in [0.15, 0.2) is 0 Å². The minimum atomic E-state index is -0.665. The van der Waals surface area contributed by atoms with Crippen molar-refractivity contribution in [1.29, 1.82) is 0 Å². The summed E-state index contributed by atoms with van der Waals surface area (Å²) in [5, 5.41) is 5.04. The predicted molar refractivity (Wildman–Crippen MR) is 126 cm³/mol. The van der Waals surface area contributed by atoms with Gasteiger partial charge >= 0.3 is 6.09 Å². The van der Waals surface area contributed by atoms with Gasteiger partial charge in [0.25, 0.3) is 5.91 Å². The summed E-state index contributed by atoms with van der Waals surface area (Å²) in [6.07, 6.45) is 0.0579. The fraction of sp³-hybridized carbons (Fsp3) is 0.385. The molecule has 2 aromatic carbocycles. The summed E-state index contributed by atoms with van der Waals surface area (Å²) in [5.41, 5.74) is 2.55. The molecule has 2 N–H and O–H groups in total. The third kappa shape index (κ3) is 5.79. The summed E-state index contributed by atoms with van der Waals surface area (Å²) in [6, 6.07) is 12.3. The molecule has 0 radical (unpaired) electrons. The molecule has 0 saturated carbocycles. The van der Waals surface area contributed by atoms with E-state index in [1.807, 2.05) is 45.0 Å². The first-order valence-electron chi connectivity index (χ1n) is 11.5. The second kappa shape index (κ2) is 9.77. The first kappa shape index (κ1) is 24.3. The number of carbonyl (C=O) groups excluding carboxylic acids is 4. The van der Waals surface area contributed by atoms with Gasteiger partial charge in [0, 0.05) is 24.1 Å². The van der Waals surface area contributed by atoms with Crippen molar-refractivity contribution in [3.63, 3.8) is 0 Å². The van der Waals surface area contributed by atoms with E-state index >= 15 is 0 Å². The van der Waals surface area contributed by atoms with Crippen LogP contribution >= 0.6 is 0 Å². The van der Waals surface area contributed by atoms with Gasteiger partial charge in [-0.25, -0.2) is 4.79 Å². The number of alkyl carbamates (subject to hydrolysis) is 1. The molecule has 0 bridgehead atoms. The average Bonchev–Trinajstić information content (AvgIpc) is 3.13. The number of hydrogen-bond donors (Lipinski definition) is 2. The molecule has 184 valence electrons. The minimum absolute atomic E-state index is 0.211. The zero-order valence-electron chi connectivity index (χ0n) is 20.1. The van der Waals surface area contributed by atoms with Crippen molar-refractivity contribution in [1.82, 2.24) is 15.5 Å². The molecule has 4 amide bonds. The van der Waals surface area contributed by atoms with Gasteiger partial charge in [0.1, 0.15) is 24.0 Å². The van der Waals surface area contributed by atoms with Crippen molar-refractivity contribution >= 4 is 23.8 Å². The van der Waals surface area contributed by atoms with Crippen LogP contribution in [-0.2, 0) is 34.0 Å². The fourth-order valence-corrected chi connectivity index (χ4v) is 4.10.